The molecule has 236 valence electrons. The predicted octanol–water partition coefficient (Wildman–Crippen LogP) is 6.42. The average Bonchev–Trinajstić information content (AvgIpc) is 3.00. The van der Waals surface area contributed by atoms with Crippen molar-refractivity contribution in [2.75, 3.05) is 6.54 Å². The first-order valence-electron chi connectivity index (χ1n) is 14.3. The highest BCUT2D eigenvalue weighted by atomic mass is 35.5. The maximum Gasteiger partial charge on any atom is 0.410 e. The van der Waals surface area contributed by atoms with E-state index < -0.39 is 33.7 Å². The lowest BCUT2D eigenvalue weighted by molar-refractivity contribution is 0.00543. The van der Waals surface area contributed by atoms with Crippen LogP contribution in [0.3, 0.4) is 0 Å². The number of nitrogens with one attached hydrogen (secondary N) is 1. The van der Waals surface area contributed by atoms with E-state index in [1.54, 1.807) is 63.2 Å². The Balaban J connectivity index is 1.44. The molecule has 4 aromatic rings. The molecule has 0 unspecified atom stereocenters. The Kier molecular flexibility index (Phi) is 10.6. The molecule has 0 bridgehead atoms. The fourth-order valence-electron chi connectivity index (χ4n) is 4.57. The summed E-state index contributed by atoms with van der Waals surface area (Å²) in [5.41, 5.74) is 2.66. The van der Waals surface area contributed by atoms with E-state index in [4.69, 9.17) is 16.3 Å². The van der Waals surface area contributed by atoms with E-state index in [0.717, 1.165) is 16.7 Å². The van der Waals surface area contributed by atoms with E-state index >= 15 is 0 Å². The Morgan fingerprint density at radius 3 is 2.09 bits per heavy atom. The van der Waals surface area contributed by atoms with Crippen LogP contribution in [0.4, 0.5) is 4.79 Å². The van der Waals surface area contributed by atoms with Crippen molar-refractivity contribution in [2.24, 2.45) is 0 Å². The first-order valence-corrected chi connectivity index (χ1v) is 16.2. The fraction of sp³-hybridized carbons (Fsp3) is 0.265. The first-order chi connectivity index (χ1) is 21.2. The van der Waals surface area contributed by atoms with E-state index in [-0.39, 0.29) is 23.0 Å². The molecule has 1 heterocycles. The van der Waals surface area contributed by atoms with Crippen LogP contribution in [0.5, 0.6) is 0 Å². The van der Waals surface area contributed by atoms with E-state index in [1.807, 2.05) is 31.2 Å². The van der Waals surface area contributed by atoms with Crippen LogP contribution in [0.2, 0.25) is 5.15 Å². The summed E-state index contributed by atoms with van der Waals surface area (Å²) >= 11 is 5.88. The smallest absolute Gasteiger partial charge is 0.410 e. The summed E-state index contributed by atoms with van der Waals surface area (Å²) in [5.74, 6) is -0.703. The van der Waals surface area contributed by atoms with Crippen LogP contribution in [-0.4, -0.2) is 53.6 Å². The van der Waals surface area contributed by atoms with Gasteiger partial charge < -0.3 is 14.7 Å². The molecule has 0 saturated heterocycles. The Bertz CT molecular complexity index is 1710. The van der Waals surface area contributed by atoms with Crippen molar-refractivity contribution in [1.29, 1.82) is 0 Å². The average molecular weight is 650 g/mol. The Morgan fingerprint density at radius 2 is 1.53 bits per heavy atom. The molecule has 0 saturated carbocycles. The second-order valence-electron chi connectivity index (χ2n) is 11.6. The summed E-state index contributed by atoms with van der Waals surface area (Å²) < 4.78 is 33.3. The second kappa shape index (κ2) is 14.2. The quantitative estimate of drug-likeness (QED) is 0.190. The van der Waals surface area contributed by atoms with Crippen LogP contribution < -0.4 is 4.72 Å². The van der Waals surface area contributed by atoms with Gasteiger partial charge in [0, 0.05) is 23.4 Å². The van der Waals surface area contributed by atoms with Gasteiger partial charge >= 0.3 is 6.09 Å². The maximum absolute atomic E-state index is 13.2. The number of amides is 2. The summed E-state index contributed by atoms with van der Waals surface area (Å²) in [5, 5.41) is 11.2. The zero-order valence-corrected chi connectivity index (χ0v) is 27.0. The van der Waals surface area contributed by atoms with Crippen molar-refractivity contribution in [3.63, 3.8) is 0 Å². The van der Waals surface area contributed by atoms with Gasteiger partial charge in [0.05, 0.1) is 17.5 Å². The van der Waals surface area contributed by atoms with Crippen LogP contribution in [0, 0.1) is 0 Å². The normalized spacial score (nSPS) is 13.0. The van der Waals surface area contributed by atoms with E-state index in [0.29, 0.717) is 17.1 Å². The summed E-state index contributed by atoms with van der Waals surface area (Å²) in [6.45, 7) is 7.25. The molecule has 1 aromatic heterocycles. The van der Waals surface area contributed by atoms with Gasteiger partial charge in [-0.3, -0.25) is 4.79 Å². The van der Waals surface area contributed by atoms with Crippen molar-refractivity contribution in [1.82, 2.24) is 14.6 Å². The number of hydrogen-bond acceptors (Lipinski definition) is 7. The van der Waals surface area contributed by atoms with Gasteiger partial charge in [-0.05, 0) is 81.1 Å². The zero-order valence-electron chi connectivity index (χ0n) is 25.5. The molecule has 0 aliphatic heterocycles. The van der Waals surface area contributed by atoms with E-state index in [9.17, 15) is 23.1 Å². The number of sulfonamides is 1. The highest BCUT2D eigenvalue weighted by molar-refractivity contribution is 7.90. The molecule has 45 heavy (non-hydrogen) atoms. The summed E-state index contributed by atoms with van der Waals surface area (Å²) in [6.07, 6.45) is 0.434. The lowest BCUT2D eigenvalue weighted by Crippen LogP contribution is -2.45. The number of rotatable bonds is 10. The number of benzene rings is 3. The van der Waals surface area contributed by atoms with Crippen LogP contribution in [0.25, 0.3) is 11.1 Å². The van der Waals surface area contributed by atoms with Crippen LogP contribution in [0.15, 0.2) is 102 Å². The highest BCUT2D eigenvalue weighted by Crippen LogP contribution is 2.24. The zero-order chi connectivity index (χ0) is 32.8. The van der Waals surface area contributed by atoms with Gasteiger partial charge in [-0.25, -0.2) is 22.9 Å². The summed E-state index contributed by atoms with van der Waals surface area (Å²) in [7, 11) is -4.05. The molecule has 0 aliphatic carbocycles. The van der Waals surface area contributed by atoms with Gasteiger partial charge in [-0.15, -0.1) is 0 Å². The molecule has 3 aromatic carbocycles. The van der Waals surface area contributed by atoms with Crippen molar-refractivity contribution < 1.29 is 27.9 Å². The third-order valence-electron chi connectivity index (χ3n) is 6.91. The summed E-state index contributed by atoms with van der Waals surface area (Å²) in [6, 6.07) is 25.0. The number of aliphatic hydroxyl groups excluding tert-OH is 1. The molecular formula is C34H36ClN3O6S. The van der Waals surface area contributed by atoms with Gasteiger partial charge in [0.2, 0.25) is 0 Å². The molecule has 2 amide bonds. The van der Waals surface area contributed by atoms with Crippen LogP contribution >= 0.6 is 11.6 Å². The largest absolute Gasteiger partial charge is 0.444 e. The second-order valence-corrected chi connectivity index (χ2v) is 13.7. The lowest BCUT2D eigenvalue weighted by atomic mass is 10.0. The van der Waals surface area contributed by atoms with Crippen molar-refractivity contribution >= 4 is 33.6 Å². The lowest BCUT2D eigenvalue weighted by Gasteiger charge is -2.33. The summed E-state index contributed by atoms with van der Waals surface area (Å²) in [4.78, 5) is 31.0. The first kappa shape index (κ1) is 33.6. The van der Waals surface area contributed by atoms with E-state index in [2.05, 4.69) is 9.71 Å². The molecule has 2 N–H and O–H groups in total. The van der Waals surface area contributed by atoms with E-state index in [1.165, 1.54) is 35.4 Å². The van der Waals surface area contributed by atoms with Gasteiger partial charge in [0.25, 0.3) is 15.9 Å². The minimum Gasteiger partial charge on any atom is -0.444 e. The van der Waals surface area contributed by atoms with Crippen LogP contribution in [0.1, 0.15) is 55.3 Å². The van der Waals surface area contributed by atoms with Crippen molar-refractivity contribution in [3.05, 3.63) is 119 Å². The van der Waals surface area contributed by atoms with Gasteiger partial charge in [0.1, 0.15) is 10.8 Å². The number of halogens is 1. The number of aliphatic hydroxyl groups is 1. The van der Waals surface area contributed by atoms with Crippen molar-refractivity contribution in [3.8, 4) is 11.1 Å². The Labute approximate surface area is 268 Å². The molecular weight excluding hydrogens is 614 g/mol. The number of hydrogen-bond donors (Lipinski definition) is 2. The number of nitrogens with zero attached hydrogens (tertiary/aromatic N) is 2. The topological polar surface area (TPSA) is 126 Å². The van der Waals surface area contributed by atoms with Crippen molar-refractivity contribution in [2.45, 2.75) is 56.8 Å². The maximum atomic E-state index is 13.2. The minimum atomic E-state index is -4.05. The SMILES string of the molecule is C[C@H](Cc1ccc(-c2ccc(S(=O)(=O)NC(=O)c3ccccc3)cc2)cc1)N(C[C@H](O)c1ccc(Cl)nc1)C(=O)OC(C)(C)C. The molecule has 4 rings (SSSR count). The number of aromatic nitrogens is 1. The van der Waals surface area contributed by atoms with Crippen LogP contribution in [-0.2, 0) is 21.2 Å². The molecule has 0 aliphatic rings. The highest BCUT2D eigenvalue weighted by Gasteiger charge is 2.29. The molecule has 0 fully saturated rings. The monoisotopic (exact) mass is 649 g/mol. The molecule has 11 heteroatoms. The van der Waals surface area contributed by atoms with Gasteiger partial charge in [-0.2, -0.15) is 0 Å². The molecule has 2 atom stereocenters. The third-order valence-corrected chi connectivity index (χ3v) is 8.48. The molecule has 0 radical (unpaired) electrons. The Morgan fingerprint density at radius 1 is 0.933 bits per heavy atom. The Hall–Kier alpha value is -4.25. The molecule has 0 spiro atoms. The molecule has 9 nitrogen and oxygen atoms in total. The standard InChI is InChI=1S/C34H36ClN3O6S/c1-23(38(33(41)44-34(2,3)4)22-30(39)28-16-19-31(35)36-21-28)20-24-10-12-25(13-11-24)26-14-17-29(18-15-26)45(42,43)37-32(40)27-8-6-5-7-9-27/h5-19,21,23,30,39H,20,22H2,1-4H3,(H,37,40)/t23-,30+/m1/s1. The predicted molar refractivity (Wildman–Crippen MR) is 173 cm³/mol. The van der Waals surface area contributed by atoms with Gasteiger partial charge in [0.15, 0.2) is 0 Å². The van der Waals surface area contributed by atoms with Gasteiger partial charge in [-0.1, -0.05) is 72.3 Å². The third kappa shape index (κ3) is 9.37. The number of ether oxygens (including phenoxy) is 1. The number of carbonyl (C=O) groups excluding carboxylic acids is 2. The number of pyridine rings is 1. The number of carbonyl (C=O) groups is 2. The fourth-order valence-corrected chi connectivity index (χ4v) is 5.66. The minimum absolute atomic E-state index is 0.00145.